The van der Waals surface area contributed by atoms with Gasteiger partial charge in [0, 0.05) is 18.3 Å². The first kappa shape index (κ1) is 11.3. The summed E-state index contributed by atoms with van der Waals surface area (Å²) in [7, 11) is 0. The van der Waals surface area contributed by atoms with Crippen LogP contribution in [0, 0.1) is 0 Å². The quantitative estimate of drug-likeness (QED) is 0.593. The second kappa shape index (κ2) is 5.25. The third-order valence-corrected chi connectivity index (χ3v) is 2.45. The number of carbonyl (C=O) groups is 1. The standard InChI is InChI=1S/C14H14N2O/c1-2-16-11-10-13(15-16)8-9-14(17)12-6-4-3-5-7-12/h3-11H,2H2,1H3/b9-8+. The zero-order valence-corrected chi connectivity index (χ0v) is 9.71. The molecule has 1 aromatic heterocycles. The molecular weight excluding hydrogens is 212 g/mol. The van der Waals surface area contributed by atoms with E-state index in [0.717, 1.165) is 12.2 Å². The molecule has 0 radical (unpaired) electrons. The lowest BCUT2D eigenvalue weighted by Crippen LogP contribution is -1.95. The van der Waals surface area contributed by atoms with Crippen molar-refractivity contribution < 1.29 is 4.79 Å². The summed E-state index contributed by atoms with van der Waals surface area (Å²) in [5.74, 6) is -0.00310. The van der Waals surface area contributed by atoms with Crippen molar-refractivity contribution in [2.45, 2.75) is 13.5 Å². The summed E-state index contributed by atoms with van der Waals surface area (Å²) in [4.78, 5) is 11.8. The van der Waals surface area contributed by atoms with Crippen molar-refractivity contribution in [1.82, 2.24) is 9.78 Å². The van der Waals surface area contributed by atoms with E-state index in [-0.39, 0.29) is 5.78 Å². The Morgan fingerprint density at radius 1 is 1.29 bits per heavy atom. The van der Waals surface area contributed by atoms with Crippen LogP contribution in [0.15, 0.2) is 48.7 Å². The lowest BCUT2D eigenvalue weighted by Gasteiger charge is -1.93. The fourth-order valence-corrected chi connectivity index (χ4v) is 1.50. The molecule has 0 saturated heterocycles. The topological polar surface area (TPSA) is 34.9 Å². The highest BCUT2D eigenvalue weighted by molar-refractivity contribution is 6.06. The largest absolute Gasteiger partial charge is 0.289 e. The molecule has 0 bridgehead atoms. The van der Waals surface area contributed by atoms with Gasteiger partial charge in [-0.05, 0) is 25.1 Å². The Kier molecular flexibility index (Phi) is 3.50. The van der Waals surface area contributed by atoms with Gasteiger partial charge in [0.25, 0.3) is 0 Å². The summed E-state index contributed by atoms with van der Waals surface area (Å²) in [6.45, 7) is 2.86. The summed E-state index contributed by atoms with van der Waals surface area (Å²) in [6.07, 6.45) is 5.19. The molecule has 0 aliphatic heterocycles. The normalized spacial score (nSPS) is 10.9. The number of nitrogens with zero attached hydrogens (tertiary/aromatic N) is 2. The predicted molar refractivity (Wildman–Crippen MR) is 67.7 cm³/mol. The van der Waals surface area contributed by atoms with Crippen LogP contribution in [0.1, 0.15) is 23.0 Å². The lowest BCUT2D eigenvalue weighted by atomic mass is 10.1. The molecule has 0 aliphatic carbocycles. The number of allylic oxidation sites excluding steroid dienone is 1. The van der Waals surface area contributed by atoms with Gasteiger partial charge in [-0.25, -0.2) is 0 Å². The number of rotatable bonds is 4. The number of aryl methyl sites for hydroxylation is 1. The van der Waals surface area contributed by atoms with E-state index in [2.05, 4.69) is 5.10 Å². The molecule has 0 N–H and O–H groups in total. The highest BCUT2D eigenvalue weighted by atomic mass is 16.1. The maximum atomic E-state index is 11.8. The number of carbonyl (C=O) groups excluding carboxylic acids is 1. The number of ketones is 1. The average molecular weight is 226 g/mol. The van der Waals surface area contributed by atoms with Gasteiger partial charge < -0.3 is 0 Å². The Morgan fingerprint density at radius 2 is 2.06 bits per heavy atom. The van der Waals surface area contributed by atoms with Crippen LogP contribution >= 0.6 is 0 Å². The number of hydrogen-bond donors (Lipinski definition) is 0. The highest BCUT2D eigenvalue weighted by Gasteiger charge is 2.00. The van der Waals surface area contributed by atoms with E-state index in [9.17, 15) is 4.79 Å². The van der Waals surface area contributed by atoms with Gasteiger partial charge in [0.05, 0.1) is 5.69 Å². The predicted octanol–water partition coefficient (Wildman–Crippen LogP) is 2.80. The maximum Gasteiger partial charge on any atom is 0.185 e. The summed E-state index contributed by atoms with van der Waals surface area (Å²) in [5, 5.41) is 4.27. The monoisotopic (exact) mass is 226 g/mol. The van der Waals surface area contributed by atoms with Gasteiger partial charge in [-0.2, -0.15) is 5.10 Å². The first-order valence-electron chi connectivity index (χ1n) is 5.60. The van der Waals surface area contributed by atoms with Crippen LogP contribution in [-0.2, 0) is 6.54 Å². The van der Waals surface area contributed by atoms with Crippen molar-refractivity contribution in [3.63, 3.8) is 0 Å². The van der Waals surface area contributed by atoms with Crippen LogP contribution in [0.3, 0.4) is 0 Å². The minimum Gasteiger partial charge on any atom is -0.289 e. The first-order chi connectivity index (χ1) is 8.29. The van der Waals surface area contributed by atoms with Crippen molar-refractivity contribution in [2.75, 3.05) is 0 Å². The van der Waals surface area contributed by atoms with Gasteiger partial charge in [0.15, 0.2) is 5.78 Å². The molecule has 2 rings (SSSR count). The first-order valence-corrected chi connectivity index (χ1v) is 5.60. The maximum absolute atomic E-state index is 11.8. The summed E-state index contributed by atoms with van der Waals surface area (Å²) in [5.41, 5.74) is 1.50. The van der Waals surface area contributed by atoms with Crippen LogP contribution in [0.2, 0.25) is 0 Å². The molecule has 0 unspecified atom stereocenters. The molecule has 0 amide bonds. The molecule has 0 saturated carbocycles. The van der Waals surface area contributed by atoms with Crippen molar-refractivity contribution in [3.8, 4) is 0 Å². The third-order valence-electron chi connectivity index (χ3n) is 2.45. The van der Waals surface area contributed by atoms with Gasteiger partial charge in [-0.1, -0.05) is 30.3 Å². The molecule has 0 spiro atoms. The molecule has 0 fully saturated rings. The minimum atomic E-state index is -0.00310. The minimum absolute atomic E-state index is 0.00310. The number of benzene rings is 1. The van der Waals surface area contributed by atoms with Crippen LogP contribution < -0.4 is 0 Å². The van der Waals surface area contributed by atoms with E-state index in [0.29, 0.717) is 5.56 Å². The highest BCUT2D eigenvalue weighted by Crippen LogP contribution is 2.04. The Morgan fingerprint density at radius 3 is 2.71 bits per heavy atom. The van der Waals surface area contributed by atoms with Crippen molar-refractivity contribution in [2.24, 2.45) is 0 Å². The van der Waals surface area contributed by atoms with Gasteiger partial charge in [-0.3, -0.25) is 9.48 Å². The van der Waals surface area contributed by atoms with Gasteiger partial charge in [0.1, 0.15) is 0 Å². The van der Waals surface area contributed by atoms with E-state index in [1.807, 2.05) is 42.1 Å². The molecule has 3 nitrogen and oxygen atoms in total. The van der Waals surface area contributed by atoms with Crippen LogP contribution in [-0.4, -0.2) is 15.6 Å². The molecule has 3 heteroatoms. The number of hydrogen-bond acceptors (Lipinski definition) is 2. The van der Waals surface area contributed by atoms with E-state index in [4.69, 9.17) is 0 Å². The summed E-state index contributed by atoms with van der Waals surface area (Å²) in [6, 6.07) is 11.1. The molecular formula is C14H14N2O. The van der Waals surface area contributed by atoms with Crippen LogP contribution in [0.5, 0.6) is 0 Å². The van der Waals surface area contributed by atoms with Gasteiger partial charge in [0.2, 0.25) is 0 Å². The third kappa shape index (κ3) is 2.91. The van der Waals surface area contributed by atoms with E-state index in [1.165, 1.54) is 0 Å². The smallest absolute Gasteiger partial charge is 0.185 e. The molecule has 17 heavy (non-hydrogen) atoms. The van der Waals surface area contributed by atoms with Crippen molar-refractivity contribution in [1.29, 1.82) is 0 Å². The molecule has 1 aromatic carbocycles. The van der Waals surface area contributed by atoms with E-state index < -0.39 is 0 Å². The Bertz CT molecular complexity index is 526. The van der Waals surface area contributed by atoms with E-state index >= 15 is 0 Å². The second-order valence-corrected chi connectivity index (χ2v) is 3.66. The van der Waals surface area contributed by atoms with Gasteiger partial charge >= 0.3 is 0 Å². The van der Waals surface area contributed by atoms with E-state index in [1.54, 1.807) is 24.3 Å². The molecule has 0 atom stereocenters. The fourth-order valence-electron chi connectivity index (χ4n) is 1.50. The Balaban J connectivity index is 2.08. The zero-order chi connectivity index (χ0) is 12.1. The zero-order valence-electron chi connectivity index (χ0n) is 9.71. The van der Waals surface area contributed by atoms with Crippen LogP contribution in [0.4, 0.5) is 0 Å². The number of aromatic nitrogens is 2. The second-order valence-electron chi connectivity index (χ2n) is 3.66. The van der Waals surface area contributed by atoms with Crippen molar-refractivity contribution in [3.05, 3.63) is 59.9 Å². The fraction of sp³-hybridized carbons (Fsp3) is 0.143. The Hall–Kier alpha value is -2.16. The Labute approximate surface area is 100 Å². The molecule has 1 heterocycles. The molecule has 86 valence electrons. The SMILES string of the molecule is CCn1ccc(/C=C/C(=O)c2ccccc2)n1. The lowest BCUT2D eigenvalue weighted by molar-refractivity contribution is 0.104. The molecule has 0 aliphatic rings. The summed E-state index contributed by atoms with van der Waals surface area (Å²) < 4.78 is 1.83. The average Bonchev–Trinajstić information content (AvgIpc) is 2.85. The van der Waals surface area contributed by atoms with Crippen LogP contribution in [0.25, 0.3) is 6.08 Å². The molecule has 2 aromatic rings. The van der Waals surface area contributed by atoms with Crippen molar-refractivity contribution >= 4 is 11.9 Å². The summed E-state index contributed by atoms with van der Waals surface area (Å²) >= 11 is 0. The van der Waals surface area contributed by atoms with Gasteiger partial charge in [-0.15, -0.1) is 0 Å².